The molecule has 1 fully saturated rings. The van der Waals surface area contributed by atoms with Gasteiger partial charge in [-0.2, -0.15) is 0 Å². The number of H-pyrrole nitrogens is 1. The molecule has 1 saturated heterocycles. The molecule has 1 aromatic heterocycles. The van der Waals surface area contributed by atoms with E-state index >= 15 is 0 Å². The second-order valence-electron chi connectivity index (χ2n) is 7.51. The van der Waals surface area contributed by atoms with Crippen molar-refractivity contribution >= 4 is 34.5 Å². The SMILES string of the molecule is Cc1ccc2nc(N3CCC(C(=O)NCCc4ccc(Cl)cc4)CC3)[nH]c2c1. The van der Waals surface area contributed by atoms with Gasteiger partial charge in [0.2, 0.25) is 11.9 Å². The van der Waals surface area contributed by atoms with E-state index in [9.17, 15) is 4.79 Å². The number of aromatic nitrogens is 2. The van der Waals surface area contributed by atoms with Crippen LogP contribution in [0.15, 0.2) is 42.5 Å². The molecule has 0 atom stereocenters. The Morgan fingerprint density at radius 3 is 2.71 bits per heavy atom. The van der Waals surface area contributed by atoms with Gasteiger partial charge in [-0.25, -0.2) is 4.98 Å². The molecule has 0 aliphatic carbocycles. The molecule has 146 valence electrons. The fourth-order valence-electron chi connectivity index (χ4n) is 3.74. The van der Waals surface area contributed by atoms with Crippen molar-refractivity contribution in [2.24, 2.45) is 5.92 Å². The van der Waals surface area contributed by atoms with E-state index in [2.05, 4.69) is 34.3 Å². The number of piperidine rings is 1. The topological polar surface area (TPSA) is 61.0 Å². The molecular formula is C22H25ClN4O. The molecule has 4 rings (SSSR count). The maximum absolute atomic E-state index is 12.5. The summed E-state index contributed by atoms with van der Waals surface area (Å²) in [5.74, 6) is 1.14. The van der Waals surface area contributed by atoms with Gasteiger partial charge in [-0.1, -0.05) is 29.8 Å². The van der Waals surface area contributed by atoms with Crippen molar-refractivity contribution in [3.63, 3.8) is 0 Å². The third-order valence-corrected chi connectivity index (χ3v) is 5.67. The summed E-state index contributed by atoms with van der Waals surface area (Å²) in [6, 6.07) is 14.0. The maximum Gasteiger partial charge on any atom is 0.223 e. The number of carbonyl (C=O) groups is 1. The molecule has 1 aliphatic rings. The Morgan fingerprint density at radius 1 is 1.21 bits per heavy atom. The monoisotopic (exact) mass is 396 g/mol. The van der Waals surface area contributed by atoms with Crippen molar-refractivity contribution < 1.29 is 4.79 Å². The summed E-state index contributed by atoms with van der Waals surface area (Å²) in [4.78, 5) is 22.8. The molecule has 2 N–H and O–H groups in total. The van der Waals surface area contributed by atoms with Gasteiger partial charge in [-0.15, -0.1) is 0 Å². The Labute approximate surface area is 170 Å². The summed E-state index contributed by atoms with van der Waals surface area (Å²) < 4.78 is 0. The van der Waals surface area contributed by atoms with E-state index in [1.165, 1.54) is 11.1 Å². The van der Waals surface area contributed by atoms with E-state index in [1.54, 1.807) is 0 Å². The van der Waals surface area contributed by atoms with Gasteiger partial charge in [0.15, 0.2) is 0 Å². The highest BCUT2D eigenvalue weighted by atomic mass is 35.5. The van der Waals surface area contributed by atoms with Gasteiger partial charge in [0, 0.05) is 30.6 Å². The van der Waals surface area contributed by atoms with Gasteiger partial charge >= 0.3 is 0 Å². The van der Waals surface area contributed by atoms with Crippen molar-refractivity contribution in [1.82, 2.24) is 15.3 Å². The number of aromatic amines is 1. The third-order valence-electron chi connectivity index (χ3n) is 5.42. The van der Waals surface area contributed by atoms with Crippen LogP contribution >= 0.6 is 11.6 Å². The predicted octanol–water partition coefficient (Wildman–Crippen LogP) is 4.10. The molecule has 0 saturated carbocycles. The number of benzene rings is 2. The van der Waals surface area contributed by atoms with Crippen LogP contribution in [-0.4, -0.2) is 35.5 Å². The van der Waals surface area contributed by atoms with Crippen LogP contribution in [0.5, 0.6) is 0 Å². The number of fused-ring (bicyclic) bond motifs is 1. The first kappa shape index (κ1) is 18.8. The van der Waals surface area contributed by atoms with Crippen LogP contribution in [0.2, 0.25) is 5.02 Å². The molecule has 28 heavy (non-hydrogen) atoms. The average Bonchev–Trinajstić information content (AvgIpc) is 3.12. The van der Waals surface area contributed by atoms with Crippen molar-refractivity contribution in [3.05, 3.63) is 58.6 Å². The standard InChI is InChI=1S/C22H25ClN4O/c1-15-2-7-19-20(14-15)26-22(25-19)27-12-9-17(10-13-27)21(28)24-11-8-16-3-5-18(23)6-4-16/h2-7,14,17H,8-13H2,1H3,(H,24,28)(H,25,26). The second kappa shape index (κ2) is 8.23. The van der Waals surface area contributed by atoms with Crippen molar-refractivity contribution in [1.29, 1.82) is 0 Å². The quantitative estimate of drug-likeness (QED) is 0.682. The zero-order valence-corrected chi connectivity index (χ0v) is 16.8. The van der Waals surface area contributed by atoms with E-state index in [0.717, 1.165) is 54.4 Å². The van der Waals surface area contributed by atoms with Crippen molar-refractivity contribution in [2.45, 2.75) is 26.2 Å². The van der Waals surface area contributed by atoms with Crippen LogP contribution in [0.1, 0.15) is 24.0 Å². The first-order chi connectivity index (χ1) is 13.6. The smallest absolute Gasteiger partial charge is 0.223 e. The number of anilines is 1. The summed E-state index contributed by atoms with van der Waals surface area (Å²) in [7, 11) is 0. The number of halogens is 1. The largest absolute Gasteiger partial charge is 0.356 e. The molecule has 0 spiro atoms. The number of aryl methyl sites for hydroxylation is 1. The lowest BCUT2D eigenvalue weighted by atomic mass is 9.96. The number of amides is 1. The highest BCUT2D eigenvalue weighted by molar-refractivity contribution is 6.30. The van der Waals surface area contributed by atoms with E-state index in [1.807, 2.05) is 30.3 Å². The van der Waals surface area contributed by atoms with Gasteiger partial charge in [-0.05, 0) is 61.6 Å². The van der Waals surface area contributed by atoms with E-state index < -0.39 is 0 Å². The molecule has 0 bridgehead atoms. The summed E-state index contributed by atoms with van der Waals surface area (Å²) in [5.41, 5.74) is 4.45. The minimum Gasteiger partial charge on any atom is -0.356 e. The summed E-state index contributed by atoms with van der Waals surface area (Å²) in [6.45, 7) is 4.42. The number of nitrogens with one attached hydrogen (secondary N) is 2. The summed E-state index contributed by atoms with van der Waals surface area (Å²) in [5, 5.41) is 3.82. The zero-order chi connectivity index (χ0) is 19.5. The van der Waals surface area contributed by atoms with Crippen LogP contribution in [0, 0.1) is 12.8 Å². The van der Waals surface area contributed by atoms with E-state index in [0.29, 0.717) is 6.54 Å². The van der Waals surface area contributed by atoms with Crippen LogP contribution < -0.4 is 10.2 Å². The van der Waals surface area contributed by atoms with Crippen LogP contribution in [0.4, 0.5) is 5.95 Å². The predicted molar refractivity (Wildman–Crippen MR) is 114 cm³/mol. The van der Waals surface area contributed by atoms with Crippen molar-refractivity contribution in [3.8, 4) is 0 Å². The van der Waals surface area contributed by atoms with Crippen LogP contribution in [0.25, 0.3) is 11.0 Å². The molecule has 1 amide bonds. The summed E-state index contributed by atoms with van der Waals surface area (Å²) in [6.07, 6.45) is 2.52. The molecule has 5 nitrogen and oxygen atoms in total. The number of rotatable bonds is 5. The fourth-order valence-corrected chi connectivity index (χ4v) is 3.86. The molecule has 0 radical (unpaired) electrons. The number of hydrogen-bond acceptors (Lipinski definition) is 3. The Hall–Kier alpha value is -2.53. The molecule has 0 unspecified atom stereocenters. The Balaban J connectivity index is 1.27. The number of imidazole rings is 1. The maximum atomic E-state index is 12.5. The van der Waals surface area contributed by atoms with Crippen molar-refractivity contribution in [2.75, 3.05) is 24.5 Å². The number of carbonyl (C=O) groups excluding carboxylic acids is 1. The molecule has 1 aliphatic heterocycles. The highest BCUT2D eigenvalue weighted by Gasteiger charge is 2.26. The van der Waals surface area contributed by atoms with Gasteiger partial charge in [-0.3, -0.25) is 4.79 Å². The Kier molecular flexibility index (Phi) is 5.53. The van der Waals surface area contributed by atoms with Crippen LogP contribution in [-0.2, 0) is 11.2 Å². The first-order valence-corrected chi connectivity index (χ1v) is 10.2. The van der Waals surface area contributed by atoms with Gasteiger partial charge in [0.25, 0.3) is 0 Å². The van der Waals surface area contributed by atoms with Gasteiger partial charge in [0.05, 0.1) is 11.0 Å². The first-order valence-electron chi connectivity index (χ1n) is 9.82. The Bertz CT molecular complexity index is 958. The number of nitrogens with zero attached hydrogens (tertiary/aromatic N) is 2. The van der Waals surface area contributed by atoms with Gasteiger partial charge < -0.3 is 15.2 Å². The third kappa shape index (κ3) is 4.30. The lowest BCUT2D eigenvalue weighted by molar-refractivity contribution is -0.125. The second-order valence-corrected chi connectivity index (χ2v) is 7.95. The van der Waals surface area contributed by atoms with E-state index in [-0.39, 0.29) is 11.8 Å². The molecule has 3 aromatic rings. The lowest BCUT2D eigenvalue weighted by Gasteiger charge is -2.31. The minimum atomic E-state index is 0.0769. The van der Waals surface area contributed by atoms with E-state index in [4.69, 9.17) is 16.6 Å². The molecular weight excluding hydrogens is 372 g/mol. The molecule has 2 heterocycles. The van der Waals surface area contributed by atoms with Gasteiger partial charge in [0.1, 0.15) is 0 Å². The molecule has 2 aromatic carbocycles. The minimum absolute atomic E-state index is 0.0769. The normalized spacial score (nSPS) is 15.1. The number of hydrogen-bond donors (Lipinski definition) is 2. The Morgan fingerprint density at radius 2 is 1.96 bits per heavy atom. The zero-order valence-electron chi connectivity index (χ0n) is 16.0. The fraction of sp³-hybridized carbons (Fsp3) is 0.364. The van der Waals surface area contributed by atoms with Crippen LogP contribution in [0.3, 0.4) is 0 Å². The highest BCUT2D eigenvalue weighted by Crippen LogP contribution is 2.24. The lowest BCUT2D eigenvalue weighted by Crippen LogP contribution is -2.41. The average molecular weight is 397 g/mol. The molecule has 6 heteroatoms. The summed E-state index contributed by atoms with van der Waals surface area (Å²) >= 11 is 5.90.